The smallest absolute Gasteiger partial charge is 0.196 e. The SMILES string of the molecule is O=C1C([C]2[CH][CH][CH][CH]2)=C([C]2[CH][CH][CH][CH]2)[C@H](c2ccccc2)[C@@]1(O)c1ccccc1. The summed E-state index contributed by atoms with van der Waals surface area (Å²) in [5.74, 6) is 1.07. The van der Waals surface area contributed by atoms with E-state index in [1.54, 1.807) is 0 Å². The van der Waals surface area contributed by atoms with Crippen LogP contribution in [0.1, 0.15) is 17.0 Å². The van der Waals surface area contributed by atoms with E-state index in [1.807, 2.05) is 112 Å². The molecule has 2 aromatic rings. The zero-order valence-corrected chi connectivity index (χ0v) is 15.8. The largest absolute Gasteiger partial charge is 0.376 e. The highest BCUT2D eigenvalue weighted by atomic mass is 16.3. The summed E-state index contributed by atoms with van der Waals surface area (Å²) in [5, 5.41) is 12.1. The Morgan fingerprint density at radius 2 is 1.21 bits per heavy atom. The van der Waals surface area contributed by atoms with Crippen molar-refractivity contribution in [3.63, 3.8) is 0 Å². The van der Waals surface area contributed by atoms with Gasteiger partial charge in [-0.15, -0.1) is 0 Å². The lowest BCUT2D eigenvalue weighted by Crippen LogP contribution is -2.38. The second-order valence-electron chi connectivity index (χ2n) is 7.44. The quantitative estimate of drug-likeness (QED) is 0.862. The fourth-order valence-electron chi connectivity index (χ4n) is 4.53. The van der Waals surface area contributed by atoms with E-state index >= 15 is 0 Å². The minimum absolute atomic E-state index is 0.250. The summed E-state index contributed by atoms with van der Waals surface area (Å²) in [6.07, 6.45) is 15.7. The Morgan fingerprint density at radius 1 is 0.690 bits per heavy atom. The lowest BCUT2D eigenvalue weighted by Gasteiger charge is -2.33. The maximum Gasteiger partial charge on any atom is 0.196 e. The van der Waals surface area contributed by atoms with Crippen LogP contribution in [0, 0.1) is 63.2 Å². The molecule has 1 N–H and O–H groups in total. The standard InChI is InChI=1S/C27H20O2/c28-26-24(20-13-9-10-14-20)23(19-11-7-8-12-19)25(21-15-3-1-4-16-21)27(26,29)22-17-5-2-6-18-22/h1-18,25,29H/t25-,27-/m0/s1. The molecule has 0 aliphatic heterocycles. The Balaban J connectivity index is 1.74. The van der Waals surface area contributed by atoms with E-state index in [2.05, 4.69) is 0 Å². The van der Waals surface area contributed by atoms with Crippen molar-refractivity contribution in [1.82, 2.24) is 0 Å². The molecule has 3 aliphatic carbocycles. The molecule has 0 amide bonds. The van der Waals surface area contributed by atoms with E-state index in [4.69, 9.17) is 0 Å². The third kappa shape index (κ3) is 3.00. The van der Waals surface area contributed by atoms with Crippen LogP contribution < -0.4 is 0 Å². The van der Waals surface area contributed by atoms with E-state index in [1.165, 1.54) is 0 Å². The van der Waals surface area contributed by atoms with Gasteiger partial charge in [-0.2, -0.15) is 0 Å². The summed E-state index contributed by atoms with van der Waals surface area (Å²) in [7, 11) is 0. The zero-order valence-electron chi connectivity index (χ0n) is 15.8. The van der Waals surface area contributed by atoms with Gasteiger partial charge in [0, 0.05) is 23.3 Å². The highest BCUT2D eigenvalue weighted by Crippen LogP contribution is 2.58. The van der Waals surface area contributed by atoms with Crippen LogP contribution in [0.5, 0.6) is 0 Å². The van der Waals surface area contributed by atoms with Crippen LogP contribution in [0.15, 0.2) is 71.8 Å². The minimum atomic E-state index is -1.66. The van der Waals surface area contributed by atoms with E-state index in [-0.39, 0.29) is 5.78 Å². The molecule has 5 rings (SSSR count). The van der Waals surface area contributed by atoms with Crippen LogP contribution in [-0.2, 0) is 10.4 Å². The Labute approximate surface area is 173 Å². The first kappa shape index (κ1) is 18.8. The lowest BCUT2D eigenvalue weighted by atomic mass is 9.73. The molecule has 0 unspecified atom stereocenters. The van der Waals surface area contributed by atoms with Crippen LogP contribution in [0.4, 0.5) is 0 Å². The van der Waals surface area contributed by atoms with Crippen LogP contribution in [0.2, 0.25) is 0 Å². The summed E-state index contributed by atoms with van der Waals surface area (Å²) in [4.78, 5) is 13.9. The summed E-state index contributed by atoms with van der Waals surface area (Å²) in [6.45, 7) is 0. The Bertz CT molecular complexity index is 902. The number of Topliss-reactive ketones (excluding diaryl/α,β-unsaturated/α-hetero) is 1. The monoisotopic (exact) mass is 376 g/mol. The van der Waals surface area contributed by atoms with Gasteiger partial charge in [0.25, 0.3) is 0 Å². The molecule has 0 spiro atoms. The molecule has 2 nitrogen and oxygen atoms in total. The van der Waals surface area contributed by atoms with Gasteiger partial charge in [-0.3, -0.25) is 4.79 Å². The zero-order chi connectivity index (χ0) is 19.8. The molecule has 0 bridgehead atoms. The number of carbonyl (C=O) groups excluding carboxylic acids is 1. The van der Waals surface area contributed by atoms with Gasteiger partial charge in [0.1, 0.15) is 0 Å². The molecular weight excluding hydrogens is 356 g/mol. The third-order valence-electron chi connectivity index (χ3n) is 5.82. The van der Waals surface area contributed by atoms with Gasteiger partial charge in [-0.1, -0.05) is 60.7 Å². The Morgan fingerprint density at radius 3 is 1.79 bits per heavy atom. The molecule has 2 saturated carbocycles. The van der Waals surface area contributed by atoms with Gasteiger partial charge >= 0.3 is 0 Å². The average Bonchev–Trinajstić information content (AvgIpc) is 3.51. The molecule has 0 saturated heterocycles. The number of hydrogen-bond donors (Lipinski definition) is 1. The normalized spacial score (nSPS) is 28.6. The maximum atomic E-state index is 13.9. The first-order valence-electron chi connectivity index (χ1n) is 9.77. The minimum Gasteiger partial charge on any atom is -0.376 e. The van der Waals surface area contributed by atoms with E-state index in [0.29, 0.717) is 11.1 Å². The Hall–Kier alpha value is -2.19. The lowest BCUT2D eigenvalue weighted by molar-refractivity contribution is -0.133. The van der Waals surface area contributed by atoms with Gasteiger partial charge < -0.3 is 5.11 Å². The topological polar surface area (TPSA) is 37.3 Å². The Kier molecular flexibility index (Phi) is 4.91. The van der Waals surface area contributed by atoms with Crippen LogP contribution >= 0.6 is 0 Å². The molecular formula is C27H20O2. The van der Waals surface area contributed by atoms with Gasteiger partial charge in [-0.05, 0) is 68.1 Å². The van der Waals surface area contributed by atoms with Crippen molar-refractivity contribution in [3.05, 3.63) is 146 Å². The highest BCUT2D eigenvalue weighted by Gasteiger charge is 2.58. The molecule has 2 aromatic carbocycles. The predicted octanol–water partition coefficient (Wildman–Crippen LogP) is 4.35. The molecule has 0 aromatic heterocycles. The molecule has 2 atom stereocenters. The number of rotatable bonds is 4. The first-order chi connectivity index (χ1) is 14.2. The second kappa shape index (κ2) is 7.57. The third-order valence-corrected chi connectivity index (χ3v) is 5.82. The molecule has 140 valence electrons. The molecule has 29 heavy (non-hydrogen) atoms. The molecule has 10 radical (unpaired) electrons. The van der Waals surface area contributed by atoms with Crippen molar-refractivity contribution in [3.8, 4) is 0 Å². The van der Waals surface area contributed by atoms with Gasteiger partial charge in [0.2, 0.25) is 0 Å². The van der Waals surface area contributed by atoms with Crippen molar-refractivity contribution in [1.29, 1.82) is 0 Å². The van der Waals surface area contributed by atoms with Crippen molar-refractivity contribution < 1.29 is 9.90 Å². The fraction of sp³-hybridized carbons (Fsp3) is 0.0741. The molecule has 2 heteroatoms. The number of hydrogen-bond acceptors (Lipinski definition) is 2. The van der Waals surface area contributed by atoms with Crippen molar-refractivity contribution in [2.75, 3.05) is 0 Å². The van der Waals surface area contributed by atoms with Crippen LogP contribution in [0.3, 0.4) is 0 Å². The van der Waals surface area contributed by atoms with E-state index in [0.717, 1.165) is 23.0 Å². The van der Waals surface area contributed by atoms with Gasteiger partial charge in [0.05, 0.1) is 0 Å². The molecule has 3 aliphatic rings. The summed E-state index contributed by atoms with van der Waals surface area (Å²) >= 11 is 0. The van der Waals surface area contributed by atoms with Crippen LogP contribution in [0.25, 0.3) is 0 Å². The predicted molar refractivity (Wildman–Crippen MR) is 112 cm³/mol. The average molecular weight is 376 g/mol. The summed E-state index contributed by atoms with van der Waals surface area (Å²) < 4.78 is 0. The maximum absolute atomic E-state index is 13.9. The summed E-state index contributed by atoms with van der Waals surface area (Å²) in [5.41, 5.74) is 1.35. The second-order valence-corrected chi connectivity index (χ2v) is 7.44. The number of carbonyl (C=O) groups is 1. The first-order valence-corrected chi connectivity index (χ1v) is 9.77. The van der Waals surface area contributed by atoms with E-state index < -0.39 is 11.5 Å². The fourth-order valence-corrected chi connectivity index (χ4v) is 4.53. The van der Waals surface area contributed by atoms with Gasteiger partial charge in [-0.25, -0.2) is 0 Å². The summed E-state index contributed by atoms with van der Waals surface area (Å²) in [6, 6.07) is 19.1. The van der Waals surface area contributed by atoms with Crippen LogP contribution in [-0.4, -0.2) is 10.9 Å². The van der Waals surface area contributed by atoms with Gasteiger partial charge in [0.15, 0.2) is 11.4 Å². The number of ketones is 1. The van der Waals surface area contributed by atoms with E-state index in [9.17, 15) is 9.90 Å². The van der Waals surface area contributed by atoms with Crippen molar-refractivity contribution in [2.24, 2.45) is 0 Å². The van der Waals surface area contributed by atoms with Crippen molar-refractivity contribution >= 4 is 5.78 Å². The molecule has 2 fully saturated rings. The van der Waals surface area contributed by atoms with Crippen molar-refractivity contribution in [2.45, 2.75) is 11.5 Å². The number of aliphatic hydroxyl groups is 1. The molecule has 0 heterocycles. The highest BCUT2D eigenvalue weighted by molar-refractivity contribution is 6.12. The number of benzene rings is 2.